The minimum atomic E-state index is 0.0520. The van der Waals surface area contributed by atoms with Gasteiger partial charge >= 0.3 is 0 Å². The number of halogens is 2. The second-order valence-corrected chi connectivity index (χ2v) is 4.78. The van der Waals surface area contributed by atoms with Crippen molar-refractivity contribution in [3.63, 3.8) is 0 Å². The Bertz CT molecular complexity index is 326. The Morgan fingerprint density at radius 3 is 2.53 bits per heavy atom. The van der Waals surface area contributed by atoms with Gasteiger partial charge in [-0.05, 0) is 24.0 Å². The first kappa shape index (κ1) is 12.8. The van der Waals surface area contributed by atoms with E-state index in [9.17, 15) is 0 Å². The lowest BCUT2D eigenvalue weighted by Crippen LogP contribution is -2.29. The Labute approximate surface area is 101 Å². The van der Waals surface area contributed by atoms with Crippen molar-refractivity contribution in [3.05, 3.63) is 33.8 Å². The molecule has 0 spiro atoms. The molecule has 0 aliphatic rings. The van der Waals surface area contributed by atoms with E-state index in [4.69, 9.17) is 29.0 Å². The van der Waals surface area contributed by atoms with Crippen LogP contribution in [0.15, 0.2) is 18.2 Å². The van der Waals surface area contributed by atoms with E-state index in [1.54, 1.807) is 6.07 Å². The second-order valence-electron chi connectivity index (χ2n) is 3.99. The van der Waals surface area contributed by atoms with Gasteiger partial charge in [0.15, 0.2) is 0 Å². The molecule has 0 aliphatic carbocycles. The zero-order valence-corrected chi connectivity index (χ0v) is 10.4. The molecule has 0 aliphatic heterocycles. The highest BCUT2D eigenvalue weighted by atomic mass is 35.5. The first-order chi connectivity index (χ1) is 7.06. The third-order valence-corrected chi connectivity index (χ3v) is 3.10. The molecule has 0 bridgehead atoms. The summed E-state index contributed by atoms with van der Waals surface area (Å²) in [5.74, 6) is 6.06. The molecule has 1 aromatic carbocycles. The molecule has 0 saturated heterocycles. The van der Waals surface area contributed by atoms with Gasteiger partial charge in [0.05, 0.1) is 10.0 Å². The summed E-state index contributed by atoms with van der Waals surface area (Å²) in [5.41, 5.74) is 3.73. The molecule has 0 heterocycles. The Morgan fingerprint density at radius 2 is 2.00 bits per heavy atom. The van der Waals surface area contributed by atoms with Crippen LogP contribution < -0.4 is 11.3 Å². The van der Waals surface area contributed by atoms with Gasteiger partial charge in [-0.3, -0.25) is 11.3 Å². The summed E-state index contributed by atoms with van der Waals surface area (Å²) in [6.45, 7) is 4.28. The van der Waals surface area contributed by atoms with Gasteiger partial charge in [-0.2, -0.15) is 0 Å². The standard InChI is InChI=1S/C11H16Cl2N2/c1-7(2)6-10(15-14)8-4-3-5-9(12)11(8)13/h3-5,7,10,15H,6,14H2,1-2H3. The van der Waals surface area contributed by atoms with E-state index in [0.717, 1.165) is 12.0 Å². The van der Waals surface area contributed by atoms with Crippen LogP contribution in [0.3, 0.4) is 0 Å². The van der Waals surface area contributed by atoms with Gasteiger partial charge in [0.1, 0.15) is 0 Å². The van der Waals surface area contributed by atoms with Crippen LogP contribution in [0.4, 0.5) is 0 Å². The van der Waals surface area contributed by atoms with E-state index >= 15 is 0 Å². The summed E-state index contributed by atoms with van der Waals surface area (Å²) in [6.07, 6.45) is 0.927. The lowest BCUT2D eigenvalue weighted by molar-refractivity contribution is 0.438. The third kappa shape index (κ3) is 3.35. The molecule has 0 fully saturated rings. The summed E-state index contributed by atoms with van der Waals surface area (Å²) in [5, 5.41) is 1.15. The fraction of sp³-hybridized carbons (Fsp3) is 0.455. The minimum absolute atomic E-state index is 0.0520. The molecule has 1 aromatic rings. The average Bonchev–Trinajstić information content (AvgIpc) is 2.19. The van der Waals surface area contributed by atoms with Crippen molar-refractivity contribution in [2.75, 3.05) is 0 Å². The largest absolute Gasteiger partial charge is 0.271 e. The molecule has 3 N–H and O–H groups in total. The smallest absolute Gasteiger partial charge is 0.0640 e. The van der Waals surface area contributed by atoms with Crippen molar-refractivity contribution in [1.82, 2.24) is 5.43 Å². The van der Waals surface area contributed by atoms with Crippen molar-refractivity contribution < 1.29 is 0 Å². The quantitative estimate of drug-likeness (QED) is 0.630. The van der Waals surface area contributed by atoms with E-state index in [1.807, 2.05) is 12.1 Å². The van der Waals surface area contributed by atoms with E-state index in [0.29, 0.717) is 16.0 Å². The molecule has 0 amide bonds. The van der Waals surface area contributed by atoms with Crippen LogP contribution in [0.1, 0.15) is 31.9 Å². The van der Waals surface area contributed by atoms with E-state index < -0.39 is 0 Å². The highest BCUT2D eigenvalue weighted by molar-refractivity contribution is 6.42. The molecule has 4 heteroatoms. The Kier molecular flexibility index (Phi) is 4.87. The fourth-order valence-corrected chi connectivity index (χ4v) is 1.99. The Hall–Kier alpha value is -0.280. The average molecular weight is 247 g/mol. The number of nitrogens with one attached hydrogen (secondary N) is 1. The van der Waals surface area contributed by atoms with Gasteiger partial charge in [0.25, 0.3) is 0 Å². The first-order valence-electron chi connectivity index (χ1n) is 4.96. The normalized spacial score (nSPS) is 13.2. The Balaban J connectivity index is 2.96. The van der Waals surface area contributed by atoms with E-state index in [-0.39, 0.29) is 6.04 Å². The minimum Gasteiger partial charge on any atom is -0.271 e. The maximum Gasteiger partial charge on any atom is 0.0640 e. The van der Waals surface area contributed by atoms with Crippen molar-refractivity contribution in [1.29, 1.82) is 0 Å². The van der Waals surface area contributed by atoms with E-state index in [2.05, 4.69) is 19.3 Å². The molecule has 15 heavy (non-hydrogen) atoms. The molecule has 84 valence electrons. The number of hydrogen-bond acceptors (Lipinski definition) is 2. The molecule has 0 aromatic heterocycles. The highest BCUT2D eigenvalue weighted by Gasteiger charge is 2.15. The maximum absolute atomic E-state index is 6.12. The number of hydrazine groups is 1. The van der Waals surface area contributed by atoms with Gasteiger partial charge in [-0.25, -0.2) is 0 Å². The molecule has 0 radical (unpaired) electrons. The number of hydrogen-bond donors (Lipinski definition) is 2. The van der Waals surface area contributed by atoms with Crippen molar-refractivity contribution >= 4 is 23.2 Å². The van der Waals surface area contributed by atoms with Crippen molar-refractivity contribution in [2.24, 2.45) is 11.8 Å². The van der Waals surface area contributed by atoms with Crippen LogP contribution in [0.2, 0.25) is 10.0 Å². The molecule has 1 unspecified atom stereocenters. The number of rotatable bonds is 4. The lowest BCUT2D eigenvalue weighted by atomic mass is 9.97. The van der Waals surface area contributed by atoms with Gasteiger partial charge in [0, 0.05) is 6.04 Å². The lowest BCUT2D eigenvalue weighted by Gasteiger charge is -2.20. The molecular weight excluding hydrogens is 231 g/mol. The summed E-state index contributed by atoms with van der Waals surface area (Å²) >= 11 is 12.1. The SMILES string of the molecule is CC(C)CC(NN)c1cccc(Cl)c1Cl. The summed E-state index contributed by atoms with van der Waals surface area (Å²) < 4.78 is 0. The maximum atomic E-state index is 6.12. The zero-order chi connectivity index (χ0) is 11.4. The van der Waals surface area contributed by atoms with E-state index in [1.165, 1.54) is 0 Å². The van der Waals surface area contributed by atoms with Crippen LogP contribution in [0.25, 0.3) is 0 Å². The highest BCUT2D eigenvalue weighted by Crippen LogP contribution is 2.32. The Morgan fingerprint density at radius 1 is 1.33 bits per heavy atom. The van der Waals surface area contributed by atoms with Gasteiger partial charge in [-0.15, -0.1) is 0 Å². The fourth-order valence-electron chi connectivity index (χ4n) is 1.55. The summed E-state index contributed by atoms with van der Waals surface area (Å²) in [7, 11) is 0. The zero-order valence-electron chi connectivity index (χ0n) is 8.93. The molecule has 2 nitrogen and oxygen atoms in total. The van der Waals surface area contributed by atoms with Crippen molar-refractivity contribution in [2.45, 2.75) is 26.3 Å². The van der Waals surface area contributed by atoms with Gasteiger partial charge in [-0.1, -0.05) is 49.2 Å². The van der Waals surface area contributed by atoms with Crippen LogP contribution in [0.5, 0.6) is 0 Å². The second kappa shape index (κ2) is 5.71. The van der Waals surface area contributed by atoms with Crippen LogP contribution in [0, 0.1) is 5.92 Å². The molecular formula is C11H16Cl2N2. The van der Waals surface area contributed by atoms with Crippen LogP contribution >= 0.6 is 23.2 Å². The molecule has 0 saturated carbocycles. The predicted molar refractivity (Wildman–Crippen MR) is 66.0 cm³/mol. The third-order valence-electron chi connectivity index (χ3n) is 2.27. The van der Waals surface area contributed by atoms with Gasteiger partial charge < -0.3 is 0 Å². The summed E-state index contributed by atoms with van der Waals surface area (Å²) in [4.78, 5) is 0. The predicted octanol–water partition coefficient (Wildman–Crippen LogP) is 3.54. The molecule has 1 rings (SSSR count). The van der Waals surface area contributed by atoms with Crippen LogP contribution in [-0.4, -0.2) is 0 Å². The first-order valence-corrected chi connectivity index (χ1v) is 5.72. The van der Waals surface area contributed by atoms with Gasteiger partial charge in [0.2, 0.25) is 0 Å². The van der Waals surface area contributed by atoms with Crippen molar-refractivity contribution in [3.8, 4) is 0 Å². The van der Waals surface area contributed by atoms with Crippen LogP contribution in [-0.2, 0) is 0 Å². The molecule has 1 atom stereocenters. The summed E-state index contributed by atoms with van der Waals surface area (Å²) in [6, 6.07) is 5.65. The number of benzene rings is 1. The monoisotopic (exact) mass is 246 g/mol. The topological polar surface area (TPSA) is 38.0 Å². The number of nitrogens with two attached hydrogens (primary N) is 1.